The smallest absolute Gasteiger partial charge is 0.0512 e. The molecule has 0 aromatic heterocycles. The lowest BCUT2D eigenvalue weighted by Gasteiger charge is -1.73. The van der Waals surface area contributed by atoms with E-state index in [0.29, 0.717) is 10.9 Å². The summed E-state index contributed by atoms with van der Waals surface area (Å²) in [5.41, 5.74) is 0. The molecule has 0 aliphatic carbocycles. The molecule has 0 fully saturated rings. The summed E-state index contributed by atoms with van der Waals surface area (Å²) < 4.78 is 0. The molecule has 0 saturated carbocycles. The molecule has 0 radical (unpaired) electrons. The third-order valence-electron chi connectivity index (χ3n) is 0.333. The van der Waals surface area contributed by atoms with Crippen molar-refractivity contribution in [2.45, 2.75) is 0 Å². The molecule has 0 aromatic rings. The van der Waals surface area contributed by atoms with Gasteiger partial charge in [0.2, 0.25) is 0 Å². The lowest BCUT2D eigenvalue weighted by molar-refractivity contribution is 2.25. The average Bonchev–Trinajstić information content (AvgIpc) is 1.38. The van der Waals surface area contributed by atoms with E-state index in [2.05, 4.69) is 19.1 Å². The van der Waals surface area contributed by atoms with Crippen molar-refractivity contribution in [2.75, 3.05) is 12.5 Å². The Kier molecular flexibility index (Phi) is 2.38. The third kappa shape index (κ3) is 4.09. The van der Waals surface area contributed by atoms with Gasteiger partial charge in [0.25, 0.3) is 0 Å². The minimum absolute atomic E-state index is 0.441. The van der Waals surface area contributed by atoms with Crippen LogP contribution in [0.5, 0.6) is 0 Å². The van der Waals surface area contributed by atoms with Crippen LogP contribution in [0, 0.1) is 0 Å². The number of hydrogen-bond donors (Lipinski definition) is 0. The third-order valence-corrected chi connectivity index (χ3v) is 1.000. The van der Waals surface area contributed by atoms with Crippen molar-refractivity contribution in [1.29, 1.82) is 0 Å². The van der Waals surface area contributed by atoms with E-state index in [4.69, 9.17) is 0 Å². The van der Waals surface area contributed by atoms with Crippen LogP contribution in [0.25, 0.3) is 0 Å². The van der Waals surface area contributed by atoms with Crippen LogP contribution < -0.4 is 0 Å². The summed E-state index contributed by atoms with van der Waals surface area (Å²) in [6.07, 6.45) is 4.26. The van der Waals surface area contributed by atoms with E-state index in [-0.39, 0.29) is 0 Å². The molecule has 0 spiro atoms. The Morgan fingerprint density at radius 3 is 1.80 bits per heavy atom. The average molecular weight is 89.2 g/mol. The van der Waals surface area contributed by atoms with Gasteiger partial charge in [-0.2, -0.15) is 0 Å². The topological polar surface area (TPSA) is 0 Å². The molecule has 5 heavy (non-hydrogen) atoms. The van der Waals surface area contributed by atoms with Gasteiger partial charge < -0.3 is 0 Å². The largest absolute Gasteiger partial charge is 0.111 e. The van der Waals surface area contributed by atoms with Crippen LogP contribution in [0.15, 0.2) is 12.0 Å². The molecular weight excluding hydrogens is 80.1 g/mol. The predicted octanol–water partition coefficient (Wildman–Crippen LogP) is 1.01. The molecule has 0 aromatic carbocycles. The van der Waals surface area contributed by atoms with E-state index in [1.165, 1.54) is 0 Å². The summed E-state index contributed by atoms with van der Waals surface area (Å²) in [6.45, 7) is 3.57. The van der Waals surface area contributed by atoms with E-state index < -0.39 is 0 Å². The van der Waals surface area contributed by atoms with Crippen LogP contribution in [0.4, 0.5) is 0 Å². The van der Waals surface area contributed by atoms with Gasteiger partial charge in [-0.25, -0.2) is 0 Å². The highest BCUT2D eigenvalue weighted by Gasteiger charge is 1.84. The van der Waals surface area contributed by atoms with Crippen LogP contribution in [-0.2, 0) is 10.9 Å². The Morgan fingerprint density at radius 1 is 1.60 bits per heavy atom. The van der Waals surface area contributed by atoms with E-state index in [1.807, 2.05) is 5.41 Å². The van der Waals surface area contributed by atoms with Crippen molar-refractivity contribution in [3.05, 3.63) is 12.0 Å². The van der Waals surface area contributed by atoms with Gasteiger partial charge in [0.1, 0.15) is 17.9 Å². The van der Waals surface area contributed by atoms with Gasteiger partial charge in [-0.15, -0.1) is 0 Å². The Labute approximate surface area is 36.2 Å². The van der Waals surface area contributed by atoms with Gasteiger partial charge in [-0.1, -0.05) is 6.58 Å². The first-order chi connectivity index (χ1) is 2.27. The Hall–Kier alpha value is 0.0900. The highest BCUT2D eigenvalue weighted by atomic mass is 32.2. The molecule has 30 valence electrons. The summed E-state index contributed by atoms with van der Waals surface area (Å²) >= 11 is 0. The molecule has 0 amide bonds. The minimum Gasteiger partial charge on any atom is -0.0512 e. The zero-order chi connectivity index (χ0) is 4.28. The SMILES string of the molecule is C=C[S+](C)C. The van der Waals surface area contributed by atoms with Crippen LogP contribution >= 0.6 is 0 Å². The first-order valence-corrected chi connectivity index (χ1v) is 3.56. The molecule has 0 rings (SSSR count). The highest BCUT2D eigenvalue weighted by molar-refractivity contribution is 7.98. The Morgan fingerprint density at radius 2 is 1.80 bits per heavy atom. The number of hydrogen-bond acceptors (Lipinski definition) is 0. The maximum Gasteiger partial charge on any atom is 0.111 e. The maximum atomic E-state index is 3.57. The van der Waals surface area contributed by atoms with Crippen LogP contribution in [0.3, 0.4) is 0 Å². The normalized spacial score (nSPS) is 8.60. The molecule has 0 aliphatic heterocycles. The summed E-state index contributed by atoms with van der Waals surface area (Å²) in [7, 11) is 0.441. The first kappa shape index (κ1) is 5.09. The van der Waals surface area contributed by atoms with Crippen molar-refractivity contribution in [3.63, 3.8) is 0 Å². The summed E-state index contributed by atoms with van der Waals surface area (Å²) in [4.78, 5) is 0. The van der Waals surface area contributed by atoms with Crippen molar-refractivity contribution < 1.29 is 0 Å². The Bertz CT molecular complexity index is 30.6. The maximum absolute atomic E-state index is 3.57. The van der Waals surface area contributed by atoms with Crippen LogP contribution in [0.2, 0.25) is 0 Å². The number of rotatable bonds is 1. The van der Waals surface area contributed by atoms with Crippen molar-refractivity contribution in [2.24, 2.45) is 0 Å². The second kappa shape index (κ2) is 2.33. The second-order valence-electron chi connectivity index (χ2n) is 1.05. The molecule has 0 bridgehead atoms. The highest BCUT2D eigenvalue weighted by Crippen LogP contribution is 1.77. The van der Waals surface area contributed by atoms with Crippen molar-refractivity contribution >= 4 is 10.9 Å². The summed E-state index contributed by atoms with van der Waals surface area (Å²) in [5.74, 6) is 0. The molecule has 1 heteroatoms. The first-order valence-electron chi connectivity index (χ1n) is 1.46. The summed E-state index contributed by atoms with van der Waals surface area (Å²) in [6, 6.07) is 0. The van der Waals surface area contributed by atoms with Crippen LogP contribution in [-0.4, -0.2) is 12.5 Å². The van der Waals surface area contributed by atoms with E-state index in [9.17, 15) is 0 Å². The van der Waals surface area contributed by atoms with Gasteiger partial charge in [-0.3, -0.25) is 0 Å². The van der Waals surface area contributed by atoms with Gasteiger partial charge in [-0.05, 0) is 0 Å². The molecule has 0 aliphatic rings. The fourth-order valence-electron chi connectivity index (χ4n) is 0. The van der Waals surface area contributed by atoms with Gasteiger partial charge >= 0.3 is 0 Å². The second-order valence-corrected chi connectivity index (χ2v) is 3.14. The standard InChI is InChI=1S/C4H9S/c1-4-5(2)3/h4H,1H2,2-3H3/q+1. The van der Waals surface area contributed by atoms with Crippen molar-refractivity contribution in [3.8, 4) is 0 Å². The van der Waals surface area contributed by atoms with Gasteiger partial charge in [0.05, 0.1) is 0 Å². The Balaban J connectivity index is 2.83. The minimum atomic E-state index is 0.441. The fraction of sp³-hybridized carbons (Fsp3) is 0.500. The van der Waals surface area contributed by atoms with E-state index >= 15 is 0 Å². The quantitative estimate of drug-likeness (QED) is 0.420. The van der Waals surface area contributed by atoms with Crippen molar-refractivity contribution in [1.82, 2.24) is 0 Å². The lowest BCUT2D eigenvalue weighted by Crippen LogP contribution is -1.82. The predicted molar refractivity (Wildman–Crippen MR) is 29.4 cm³/mol. The molecule has 0 N–H and O–H groups in total. The van der Waals surface area contributed by atoms with Gasteiger partial charge in [0, 0.05) is 10.9 Å². The monoisotopic (exact) mass is 89.0 g/mol. The zero-order valence-corrected chi connectivity index (χ0v) is 4.51. The molecule has 0 nitrogen and oxygen atoms in total. The van der Waals surface area contributed by atoms with Gasteiger partial charge in [0.15, 0.2) is 0 Å². The molecule has 0 atom stereocenters. The fourth-order valence-corrected chi connectivity index (χ4v) is 0. The zero-order valence-electron chi connectivity index (χ0n) is 3.69. The molecule has 0 unspecified atom stereocenters. The molecule has 0 saturated heterocycles. The van der Waals surface area contributed by atoms with Crippen LogP contribution in [0.1, 0.15) is 0 Å². The molecule has 0 heterocycles. The lowest BCUT2D eigenvalue weighted by atomic mass is 11.3. The summed E-state index contributed by atoms with van der Waals surface area (Å²) in [5, 5.41) is 1.94. The molecular formula is C4H9S+. The van der Waals surface area contributed by atoms with E-state index in [0.717, 1.165) is 0 Å². The van der Waals surface area contributed by atoms with E-state index in [1.54, 1.807) is 0 Å².